The van der Waals surface area contributed by atoms with E-state index in [-0.39, 0.29) is 5.56 Å². The van der Waals surface area contributed by atoms with Crippen LogP contribution in [-0.4, -0.2) is 22.9 Å². The van der Waals surface area contributed by atoms with Crippen molar-refractivity contribution in [3.63, 3.8) is 0 Å². The monoisotopic (exact) mass is 193 g/mol. The number of aromatic nitrogens is 2. The second kappa shape index (κ2) is 4.80. The molecule has 1 aromatic heterocycles. The first-order valence-corrected chi connectivity index (χ1v) is 3.93. The SMILES string of the molecule is CN=C(/C=C\N)Nc1nccc(=O)[nH]1. The highest BCUT2D eigenvalue weighted by atomic mass is 16.1. The van der Waals surface area contributed by atoms with E-state index in [2.05, 4.69) is 20.3 Å². The Labute approximate surface area is 80.6 Å². The lowest BCUT2D eigenvalue weighted by atomic mass is 10.5. The number of nitrogens with two attached hydrogens (primary N) is 1. The fraction of sp³-hybridized carbons (Fsp3) is 0.125. The number of aliphatic imine (C=N–C) groups is 1. The zero-order chi connectivity index (χ0) is 10.4. The van der Waals surface area contributed by atoms with Gasteiger partial charge in [-0.1, -0.05) is 0 Å². The van der Waals surface area contributed by atoms with Crippen LogP contribution in [0.4, 0.5) is 5.95 Å². The molecule has 1 rings (SSSR count). The number of amidine groups is 1. The molecule has 0 saturated heterocycles. The number of nitrogens with one attached hydrogen (secondary N) is 2. The normalized spacial score (nSPS) is 11.9. The van der Waals surface area contributed by atoms with E-state index in [0.29, 0.717) is 11.8 Å². The Bertz CT molecular complexity index is 406. The number of hydrogen-bond donors (Lipinski definition) is 3. The average Bonchev–Trinajstić information content (AvgIpc) is 2.17. The molecular formula is C8H11N5O. The lowest BCUT2D eigenvalue weighted by Gasteiger charge is -2.02. The topological polar surface area (TPSA) is 96.2 Å². The molecule has 0 aliphatic heterocycles. The van der Waals surface area contributed by atoms with Crippen LogP contribution in [-0.2, 0) is 0 Å². The Kier molecular flexibility index (Phi) is 3.42. The van der Waals surface area contributed by atoms with Crippen molar-refractivity contribution in [3.8, 4) is 0 Å². The second-order valence-corrected chi connectivity index (χ2v) is 2.38. The second-order valence-electron chi connectivity index (χ2n) is 2.38. The first-order chi connectivity index (χ1) is 6.76. The van der Waals surface area contributed by atoms with Crippen LogP contribution in [0.15, 0.2) is 34.3 Å². The summed E-state index contributed by atoms with van der Waals surface area (Å²) in [5.74, 6) is 0.845. The summed E-state index contributed by atoms with van der Waals surface area (Å²) in [6.45, 7) is 0. The quantitative estimate of drug-likeness (QED) is 0.443. The van der Waals surface area contributed by atoms with E-state index in [4.69, 9.17) is 5.73 Å². The lowest BCUT2D eigenvalue weighted by molar-refractivity contribution is 1.13. The standard InChI is InChI=1S/C8H11N5O/c1-10-6(2-4-9)12-8-11-5-3-7(14)13-8/h2-5H,9H2,1H3,(H2,10,11,12,13,14)/b4-2-. The van der Waals surface area contributed by atoms with Crippen molar-refractivity contribution < 1.29 is 0 Å². The first kappa shape index (κ1) is 9.97. The number of nitrogens with zero attached hydrogens (tertiary/aromatic N) is 2. The van der Waals surface area contributed by atoms with Crippen molar-refractivity contribution in [2.24, 2.45) is 10.7 Å². The van der Waals surface area contributed by atoms with Crippen LogP contribution in [0.25, 0.3) is 0 Å². The van der Waals surface area contributed by atoms with Crippen molar-refractivity contribution in [1.29, 1.82) is 0 Å². The van der Waals surface area contributed by atoms with E-state index >= 15 is 0 Å². The van der Waals surface area contributed by atoms with Gasteiger partial charge in [-0.25, -0.2) is 4.98 Å². The minimum absolute atomic E-state index is 0.227. The Balaban J connectivity index is 2.83. The van der Waals surface area contributed by atoms with E-state index in [1.165, 1.54) is 18.5 Å². The molecule has 0 spiro atoms. The van der Waals surface area contributed by atoms with E-state index in [9.17, 15) is 4.79 Å². The Morgan fingerprint density at radius 3 is 3.14 bits per heavy atom. The van der Waals surface area contributed by atoms with Crippen LogP contribution >= 0.6 is 0 Å². The highest BCUT2D eigenvalue weighted by Crippen LogP contribution is 1.92. The summed E-state index contributed by atoms with van der Waals surface area (Å²) in [6.07, 6.45) is 4.31. The fourth-order valence-corrected chi connectivity index (χ4v) is 0.818. The summed E-state index contributed by atoms with van der Waals surface area (Å²) in [4.78, 5) is 21.2. The van der Waals surface area contributed by atoms with Gasteiger partial charge < -0.3 is 11.1 Å². The molecule has 1 heterocycles. The molecule has 0 bridgehead atoms. The Hall–Kier alpha value is -2.11. The molecule has 0 aliphatic rings. The highest BCUT2D eigenvalue weighted by molar-refractivity contribution is 6.02. The van der Waals surface area contributed by atoms with Crippen LogP contribution in [0.1, 0.15) is 0 Å². The molecule has 14 heavy (non-hydrogen) atoms. The molecule has 0 fully saturated rings. The van der Waals surface area contributed by atoms with E-state index in [0.717, 1.165) is 0 Å². The van der Waals surface area contributed by atoms with Gasteiger partial charge in [0.25, 0.3) is 5.56 Å². The summed E-state index contributed by atoms with van der Waals surface area (Å²) < 4.78 is 0. The number of aromatic amines is 1. The van der Waals surface area contributed by atoms with Gasteiger partial charge in [-0.2, -0.15) is 0 Å². The Morgan fingerprint density at radius 1 is 1.79 bits per heavy atom. The number of anilines is 1. The number of hydrogen-bond acceptors (Lipinski definition) is 4. The van der Waals surface area contributed by atoms with E-state index < -0.39 is 0 Å². The maximum absolute atomic E-state index is 10.9. The van der Waals surface area contributed by atoms with Crippen LogP contribution in [0.3, 0.4) is 0 Å². The fourth-order valence-electron chi connectivity index (χ4n) is 0.818. The molecule has 0 aliphatic carbocycles. The van der Waals surface area contributed by atoms with Crippen LogP contribution in [0.5, 0.6) is 0 Å². The van der Waals surface area contributed by atoms with Crippen molar-refractivity contribution in [3.05, 3.63) is 34.9 Å². The predicted molar refractivity (Wildman–Crippen MR) is 55.2 cm³/mol. The van der Waals surface area contributed by atoms with Gasteiger partial charge >= 0.3 is 0 Å². The molecule has 1 aromatic rings. The van der Waals surface area contributed by atoms with Crippen LogP contribution in [0.2, 0.25) is 0 Å². The molecule has 0 radical (unpaired) electrons. The third-order valence-electron chi connectivity index (χ3n) is 1.41. The summed E-state index contributed by atoms with van der Waals surface area (Å²) in [7, 11) is 1.60. The minimum Gasteiger partial charge on any atom is -0.404 e. The lowest BCUT2D eigenvalue weighted by Crippen LogP contribution is -2.16. The van der Waals surface area contributed by atoms with Gasteiger partial charge in [0.05, 0.1) is 0 Å². The summed E-state index contributed by atoms with van der Waals surface area (Å²) in [5, 5.41) is 2.79. The zero-order valence-corrected chi connectivity index (χ0v) is 7.69. The summed E-state index contributed by atoms with van der Waals surface area (Å²) >= 11 is 0. The largest absolute Gasteiger partial charge is 0.404 e. The van der Waals surface area contributed by atoms with Gasteiger partial charge in [0, 0.05) is 19.3 Å². The summed E-state index contributed by atoms with van der Waals surface area (Å²) in [6, 6.07) is 1.33. The highest BCUT2D eigenvalue weighted by Gasteiger charge is 1.96. The zero-order valence-electron chi connectivity index (χ0n) is 7.69. The molecule has 74 valence electrons. The maximum Gasteiger partial charge on any atom is 0.252 e. The molecule has 0 amide bonds. The molecular weight excluding hydrogens is 182 g/mol. The number of rotatable bonds is 2. The van der Waals surface area contributed by atoms with Crippen LogP contribution < -0.4 is 16.6 Å². The first-order valence-electron chi connectivity index (χ1n) is 3.93. The predicted octanol–water partition coefficient (Wildman–Crippen LogP) is -0.318. The van der Waals surface area contributed by atoms with Crippen molar-refractivity contribution in [2.45, 2.75) is 0 Å². The molecule has 6 nitrogen and oxygen atoms in total. The van der Waals surface area contributed by atoms with Gasteiger partial charge in [0.15, 0.2) is 0 Å². The molecule has 0 atom stereocenters. The Morgan fingerprint density at radius 2 is 2.57 bits per heavy atom. The van der Waals surface area contributed by atoms with Gasteiger partial charge in [0.2, 0.25) is 5.95 Å². The average molecular weight is 193 g/mol. The third kappa shape index (κ3) is 2.74. The number of H-pyrrole nitrogens is 1. The van der Waals surface area contributed by atoms with Crippen LogP contribution in [0, 0.1) is 0 Å². The van der Waals surface area contributed by atoms with Gasteiger partial charge in [-0.15, -0.1) is 0 Å². The molecule has 0 unspecified atom stereocenters. The van der Waals surface area contributed by atoms with Crippen molar-refractivity contribution >= 4 is 11.8 Å². The molecule has 4 N–H and O–H groups in total. The van der Waals surface area contributed by atoms with Crippen molar-refractivity contribution in [2.75, 3.05) is 12.4 Å². The minimum atomic E-state index is -0.227. The van der Waals surface area contributed by atoms with E-state index in [1.807, 2.05) is 0 Å². The molecule has 6 heteroatoms. The van der Waals surface area contributed by atoms with E-state index in [1.54, 1.807) is 13.1 Å². The van der Waals surface area contributed by atoms with Gasteiger partial charge in [-0.3, -0.25) is 14.8 Å². The third-order valence-corrected chi connectivity index (χ3v) is 1.41. The molecule has 0 aromatic carbocycles. The van der Waals surface area contributed by atoms with Gasteiger partial charge in [-0.05, 0) is 12.3 Å². The van der Waals surface area contributed by atoms with Crippen molar-refractivity contribution in [1.82, 2.24) is 9.97 Å². The smallest absolute Gasteiger partial charge is 0.252 e. The maximum atomic E-state index is 10.9. The molecule has 0 saturated carbocycles. The van der Waals surface area contributed by atoms with Gasteiger partial charge in [0.1, 0.15) is 5.84 Å². The summed E-state index contributed by atoms with van der Waals surface area (Å²) in [5.41, 5.74) is 4.97.